The minimum Gasteiger partial charge on any atom is -0.481 e. The van der Waals surface area contributed by atoms with Gasteiger partial charge in [-0.25, -0.2) is 0 Å². The summed E-state index contributed by atoms with van der Waals surface area (Å²) in [6, 6.07) is 0. The Hall–Kier alpha value is -1.06. The molecule has 0 heterocycles. The van der Waals surface area contributed by atoms with Crippen LogP contribution in [0.4, 0.5) is 0 Å². The van der Waals surface area contributed by atoms with Crippen molar-refractivity contribution >= 4 is 11.9 Å². The van der Waals surface area contributed by atoms with E-state index in [1.54, 1.807) is 6.92 Å². The Labute approximate surface area is 115 Å². The summed E-state index contributed by atoms with van der Waals surface area (Å²) in [7, 11) is 0. The number of carboxylic acids is 1. The van der Waals surface area contributed by atoms with Gasteiger partial charge >= 0.3 is 11.9 Å². The van der Waals surface area contributed by atoms with E-state index in [-0.39, 0.29) is 23.9 Å². The zero-order valence-corrected chi connectivity index (χ0v) is 12.4. The molecule has 1 N–H and O–H groups in total. The van der Waals surface area contributed by atoms with Crippen LogP contribution in [0.1, 0.15) is 53.4 Å². The lowest BCUT2D eigenvalue weighted by Gasteiger charge is -2.39. The molecule has 1 rings (SSSR count). The highest BCUT2D eigenvalue weighted by molar-refractivity contribution is 5.94. The average molecular weight is 270 g/mol. The largest absolute Gasteiger partial charge is 0.481 e. The molecule has 0 aromatic carbocycles. The predicted molar refractivity (Wildman–Crippen MR) is 72.7 cm³/mol. The molecule has 0 aromatic heterocycles. The van der Waals surface area contributed by atoms with E-state index < -0.39 is 17.9 Å². The normalized spacial score (nSPS) is 25.4. The molecule has 19 heavy (non-hydrogen) atoms. The van der Waals surface area contributed by atoms with Crippen LogP contribution in [0.2, 0.25) is 0 Å². The van der Waals surface area contributed by atoms with Gasteiger partial charge in [-0.05, 0) is 37.0 Å². The highest BCUT2D eigenvalue weighted by atomic mass is 16.5. The van der Waals surface area contributed by atoms with Gasteiger partial charge in [0.2, 0.25) is 0 Å². The van der Waals surface area contributed by atoms with Gasteiger partial charge in [0.05, 0.1) is 6.61 Å². The number of esters is 1. The second-order valence-electron chi connectivity index (χ2n) is 6.45. The molecule has 4 heteroatoms. The molecule has 1 aliphatic carbocycles. The fraction of sp³-hybridized carbons (Fsp3) is 0.867. The highest BCUT2D eigenvalue weighted by Crippen LogP contribution is 2.43. The second kappa shape index (κ2) is 6.40. The number of carbonyl (C=O) groups is 2. The van der Waals surface area contributed by atoms with Crippen LogP contribution in [0.25, 0.3) is 0 Å². The van der Waals surface area contributed by atoms with Crippen molar-refractivity contribution < 1.29 is 19.4 Å². The summed E-state index contributed by atoms with van der Waals surface area (Å²) in [6.07, 6.45) is 4.27. The van der Waals surface area contributed by atoms with Crippen LogP contribution in [-0.2, 0) is 14.3 Å². The number of rotatable bonds is 5. The molecule has 0 aliphatic heterocycles. The molecule has 0 amide bonds. The van der Waals surface area contributed by atoms with E-state index >= 15 is 0 Å². The van der Waals surface area contributed by atoms with Crippen LogP contribution < -0.4 is 0 Å². The van der Waals surface area contributed by atoms with Crippen molar-refractivity contribution in [3.05, 3.63) is 0 Å². The van der Waals surface area contributed by atoms with E-state index in [2.05, 4.69) is 13.8 Å². The second-order valence-corrected chi connectivity index (χ2v) is 6.45. The van der Waals surface area contributed by atoms with Crippen molar-refractivity contribution in [2.75, 3.05) is 6.61 Å². The zero-order chi connectivity index (χ0) is 14.6. The highest BCUT2D eigenvalue weighted by Gasteiger charge is 2.40. The van der Waals surface area contributed by atoms with E-state index in [9.17, 15) is 14.7 Å². The fourth-order valence-electron chi connectivity index (χ4n) is 3.25. The molecule has 3 unspecified atom stereocenters. The van der Waals surface area contributed by atoms with Crippen LogP contribution in [0.3, 0.4) is 0 Å². The summed E-state index contributed by atoms with van der Waals surface area (Å²) in [5, 5.41) is 9.30. The average Bonchev–Trinajstić information content (AvgIpc) is 2.27. The summed E-state index contributed by atoms with van der Waals surface area (Å²) in [5.74, 6) is -2.57. The molecular formula is C15H26O4. The molecule has 0 radical (unpaired) electrons. The summed E-state index contributed by atoms with van der Waals surface area (Å²) in [4.78, 5) is 23.2. The van der Waals surface area contributed by atoms with Crippen LogP contribution >= 0.6 is 0 Å². The van der Waals surface area contributed by atoms with Crippen molar-refractivity contribution in [2.45, 2.75) is 53.4 Å². The zero-order valence-electron chi connectivity index (χ0n) is 12.4. The van der Waals surface area contributed by atoms with Crippen LogP contribution in [-0.4, -0.2) is 23.7 Å². The molecule has 1 saturated carbocycles. The Morgan fingerprint density at radius 2 is 2.05 bits per heavy atom. The van der Waals surface area contributed by atoms with Crippen LogP contribution in [0, 0.1) is 23.2 Å². The third kappa shape index (κ3) is 4.22. The van der Waals surface area contributed by atoms with Gasteiger partial charge in [0, 0.05) is 0 Å². The van der Waals surface area contributed by atoms with E-state index in [0.29, 0.717) is 0 Å². The molecule has 110 valence electrons. The van der Waals surface area contributed by atoms with Gasteiger partial charge in [-0.1, -0.05) is 33.6 Å². The minimum absolute atomic E-state index is 0.170. The number of ether oxygens (including phenoxy) is 1. The van der Waals surface area contributed by atoms with E-state index in [0.717, 1.165) is 19.3 Å². The van der Waals surface area contributed by atoms with Crippen LogP contribution in [0.15, 0.2) is 0 Å². The Morgan fingerprint density at radius 3 is 2.53 bits per heavy atom. The summed E-state index contributed by atoms with van der Waals surface area (Å²) < 4.78 is 4.91. The van der Waals surface area contributed by atoms with E-state index in [1.807, 2.05) is 6.92 Å². The summed E-state index contributed by atoms with van der Waals surface area (Å²) in [6.45, 7) is 8.23. The molecule has 0 saturated heterocycles. The Morgan fingerprint density at radius 1 is 1.42 bits per heavy atom. The molecule has 0 bridgehead atoms. The standard InChI is InChI=1S/C15H26O4/c1-5-19-14(18)12(13(16)17)10(2)11-7-6-8-15(3,4)9-11/h10-12H,5-9H2,1-4H3,(H,16,17). The van der Waals surface area contributed by atoms with Gasteiger partial charge in [-0.3, -0.25) is 9.59 Å². The third-order valence-electron chi connectivity index (χ3n) is 4.32. The maximum atomic E-state index is 11.8. The van der Waals surface area contributed by atoms with Crippen molar-refractivity contribution in [3.63, 3.8) is 0 Å². The topological polar surface area (TPSA) is 63.6 Å². The van der Waals surface area contributed by atoms with E-state index in [4.69, 9.17) is 4.74 Å². The molecule has 1 fully saturated rings. The maximum Gasteiger partial charge on any atom is 0.320 e. The molecule has 1 aliphatic rings. The Kier molecular flexibility index (Phi) is 5.39. The Balaban J connectivity index is 2.79. The number of carbonyl (C=O) groups excluding carboxylic acids is 1. The van der Waals surface area contributed by atoms with Crippen LogP contribution in [0.5, 0.6) is 0 Å². The molecule has 0 spiro atoms. The maximum absolute atomic E-state index is 11.8. The lowest BCUT2D eigenvalue weighted by molar-refractivity contribution is -0.162. The fourth-order valence-corrected chi connectivity index (χ4v) is 3.25. The molecule has 4 nitrogen and oxygen atoms in total. The monoisotopic (exact) mass is 270 g/mol. The van der Waals surface area contributed by atoms with Crippen molar-refractivity contribution in [1.82, 2.24) is 0 Å². The molecule has 3 atom stereocenters. The van der Waals surface area contributed by atoms with Gasteiger partial charge in [0.1, 0.15) is 0 Å². The first-order chi connectivity index (χ1) is 8.78. The van der Waals surface area contributed by atoms with E-state index in [1.165, 1.54) is 6.42 Å². The smallest absolute Gasteiger partial charge is 0.320 e. The Bertz CT molecular complexity index is 335. The quantitative estimate of drug-likeness (QED) is 0.616. The van der Waals surface area contributed by atoms with Crippen molar-refractivity contribution in [3.8, 4) is 0 Å². The lowest BCUT2D eigenvalue weighted by Crippen LogP contribution is -2.38. The SMILES string of the molecule is CCOC(=O)C(C(=O)O)C(C)C1CCCC(C)(C)C1. The van der Waals surface area contributed by atoms with Gasteiger partial charge in [-0.15, -0.1) is 0 Å². The van der Waals surface area contributed by atoms with Gasteiger partial charge in [-0.2, -0.15) is 0 Å². The summed E-state index contributed by atoms with van der Waals surface area (Å²) >= 11 is 0. The first kappa shape index (κ1) is 16.0. The van der Waals surface area contributed by atoms with Crippen molar-refractivity contribution in [2.24, 2.45) is 23.2 Å². The lowest BCUT2D eigenvalue weighted by atomic mass is 9.66. The van der Waals surface area contributed by atoms with Crippen molar-refractivity contribution in [1.29, 1.82) is 0 Å². The molecular weight excluding hydrogens is 244 g/mol. The number of hydrogen-bond donors (Lipinski definition) is 1. The predicted octanol–water partition coefficient (Wildman–Crippen LogP) is 3.10. The van der Waals surface area contributed by atoms with Gasteiger partial charge in [0.25, 0.3) is 0 Å². The number of carboxylic acid groups (broad SMARTS) is 1. The first-order valence-electron chi connectivity index (χ1n) is 7.18. The first-order valence-corrected chi connectivity index (χ1v) is 7.18. The molecule has 0 aromatic rings. The number of aliphatic carboxylic acids is 1. The van der Waals surface area contributed by atoms with Gasteiger partial charge < -0.3 is 9.84 Å². The van der Waals surface area contributed by atoms with Gasteiger partial charge in [0.15, 0.2) is 5.92 Å². The third-order valence-corrected chi connectivity index (χ3v) is 4.32. The minimum atomic E-state index is -1.06. The summed E-state index contributed by atoms with van der Waals surface area (Å²) in [5.41, 5.74) is 0.245. The number of hydrogen-bond acceptors (Lipinski definition) is 3.